The van der Waals surface area contributed by atoms with Gasteiger partial charge >= 0.3 is 0 Å². The molecule has 0 fully saturated rings. The first-order valence-electron chi connectivity index (χ1n) is 8.38. The van der Waals surface area contributed by atoms with Crippen LogP contribution in [0.5, 0.6) is 0 Å². The molecule has 0 saturated carbocycles. The van der Waals surface area contributed by atoms with E-state index in [0.29, 0.717) is 5.56 Å². The number of rotatable bonds is 4. The Morgan fingerprint density at radius 1 is 0.769 bits per heavy atom. The number of anilines is 1. The Hall–Kier alpha value is -3.66. The average molecular weight is 339 g/mol. The van der Waals surface area contributed by atoms with E-state index in [-0.39, 0.29) is 5.91 Å². The van der Waals surface area contributed by atoms with Crippen LogP contribution in [-0.2, 0) is 0 Å². The lowest BCUT2D eigenvalue weighted by Crippen LogP contribution is -2.13. The molecule has 0 spiro atoms. The lowest BCUT2D eigenvalue weighted by atomic mass is 10.1. The van der Waals surface area contributed by atoms with E-state index >= 15 is 0 Å². The van der Waals surface area contributed by atoms with Crippen molar-refractivity contribution in [3.8, 4) is 16.9 Å². The smallest absolute Gasteiger partial charge is 0.259 e. The fourth-order valence-corrected chi connectivity index (χ4v) is 2.87. The molecule has 1 heterocycles. The van der Waals surface area contributed by atoms with Crippen LogP contribution >= 0.6 is 0 Å². The molecule has 4 nitrogen and oxygen atoms in total. The summed E-state index contributed by atoms with van der Waals surface area (Å²) in [7, 11) is 0. The number of amides is 1. The summed E-state index contributed by atoms with van der Waals surface area (Å²) in [5.74, 6) is -0.183. The molecule has 4 heteroatoms. The zero-order valence-corrected chi connectivity index (χ0v) is 14.0. The minimum atomic E-state index is -0.183. The quantitative estimate of drug-likeness (QED) is 0.581. The minimum absolute atomic E-state index is 0.183. The standard InChI is InChI=1S/C22H17N3O/c26-22(24-18-12-6-2-7-13-18)20-16-23-25(19-14-8-3-9-15-19)21(20)17-10-4-1-5-11-17/h1-16H,(H,24,26). The van der Waals surface area contributed by atoms with Gasteiger partial charge in [0.25, 0.3) is 5.91 Å². The highest BCUT2D eigenvalue weighted by atomic mass is 16.1. The van der Waals surface area contributed by atoms with Gasteiger partial charge < -0.3 is 5.32 Å². The van der Waals surface area contributed by atoms with Gasteiger partial charge in [0.15, 0.2) is 0 Å². The molecule has 0 atom stereocenters. The monoisotopic (exact) mass is 339 g/mol. The molecule has 0 aliphatic heterocycles. The zero-order valence-electron chi connectivity index (χ0n) is 14.0. The first-order chi connectivity index (χ1) is 12.8. The molecular formula is C22H17N3O. The predicted molar refractivity (Wildman–Crippen MR) is 103 cm³/mol. The lowest BCUT2D eigenvalue weighted by molar-refractivity contribution is 0.102. The number of carbonyl (C=O) groups is 1. The second-order valence-corrected chi connectivity index (χ2v) is 5.84. The van der Waals surface area contributed by atoms with Gasteiger partial charge in [0.1, 0.15) is 0 Å². The Morgan fingerprint density at radius 2 is 1.35 bits per heavy atom. The van der Waals surface area contributed by atoms with E-state index in [4.69, 9.17) is 0 Å². The number of nitrogens with zero attached hydrogens (tertiary/aromatic N) is 2. The molecule has 126 valence electrons. The molecule has 0 aliphatic rings. The second kappa shape index (κ2) is 7.07. The molecule has 0 unspecified atom stereocenters. The first kappa shape index (κ1) is 15.8. The van der Waals surface area contributed by atoms with Crippen LogP contribution in [0.3, 0.4) is 0 Å². The van der Waals surface area contributed by atoms with E-state index in [2.05, 4.69) is 10.4 Å². The Balaban J connectivity index is 1.80. The normalized spacial score (nSPS) is 10.5. The molecule has 26 heavy (non-hydrogen) atoms. The molecule has 4 rings (SSSR count). The van der Waals surface area contributed by atoms with Gasteiger partial charge in [-0.15, -0.1) is 0 Å². The molecule has 0 bridgehead atoms. The summed E-state index contributed by atoms with van der Waals surface area (Å²) in [6.45, 7) is 0. The van der Waals surface area contributed by atoms with Gasteiger partial charge in [-0.25, -0.2) is 4.68 Å². The van der Waals surface area contributed by atoms with Crippen molar-refractivity contribution >= 4 is 11.6 Å². The molecular weight excluding hydrogens is 322 g/mol. The Bertz CT molecular complexity index is 1010. The molecule has 1 amide bonds. The van der Waals surface area contributed by atoms with E-state index in [1.807, 2.05) is 91.0 Å². The number of benzene rings is 3. The third-order valence-electron chi connectivity index (χ3n) is 4.09. The van der Waals surface area contributed by atoms with Crippen LogP contribution in [0.1, 0.15) is 10.4 Å². The molecule has 1 N–H and O–H groups in total. The van der Waals surface area contributed by atoms with Crippen molar-refractivity contribution in [2.75, 3.05) is 5.32 Å². The van der Waals surface area contributed by atoms with Gasteiger partial charge in [-0.05, 0) is 24.3 Å². The number of nitrogens with one attached hydrogen (secondary N) is 1. The van der Waals surface area contributed by atoms with E-state index in [1.54, 1.807) is 10.9 Å². The summed E-state index contributed by atoms with van der Waals surface area (Å²) in [5.41, 5.74) is 3.90. The summed E-state index contributed by atoms with van der Waals surface area (Å²) in [5, 5.41) is 7.42. The minimum Gasteiger partial charge on any atom is -0.322 e. The van der Waals surface area contributed by atoms with E-state index < -0.39 is 0 Å². The van der Waals surface area contributed by atoms with Gasteiger partial charge in [-0.3, -0.25) is 4.79 Å². The topological polar surface area (TPSA) is 46.9 Å². The summed E-state index contributed by atoms with van der Waals surface area (Å²) in [4.78, 5) is 12.9. The summed E-state index contributed by atoms with van der Waals surface area (Å²) < 4.78 is 1.80. The lowest BCUT2D eigenvalue weighted by Gasteiger charge is -2.10. The fraction of sp³-hybridized carbons (Fsp3) is 0. The first-order valence-corrected chi connectivity index (χ1v) is 8.38. The summed E-state index contributed by atoms with van der Waals surface area (Å²) in [6.07, 6.45) is 1.62. The highest BCUT2D eigenvalue weighted by molar-refractivity contribution is 6.08. The Kier molecular flexibility index (Phi) is 4.31. The van der Waals surface area contributed by atoms with Crippen LogP contribution in [0.2, 0.25) is 0 Å². The number of hydrogen-bond donors (Lipinski definition) is 1. The highest BCUT2D eigenvalue weighted by Crippen LogP contribution is 2.27. The van der Waals surface area contributed by atoms with Gasteiger partial charge in [-0.2, -0.15) is 5.10 Å². The second-order valence-electron chi connectivity index (χ2n) is 5.84. The maximum absolute atomic E-state index is 12.9. The van der Waals surface area contributed by atoms with Gasteiger partial charge in [-0.1, -0.05) is 66.7 Å². The average Bonchev–Trinajstić information content (AvgIpc) is 3.15. The van der Waals surface area contributed by atoms with Crippen molar-refractivity contribution in [2.24, 2.45) is 0 Å². The summed E-state index contributed by atoms with van der Waals surface area (Å²) in [6, 6.07) is 29.1. The van der Waals surface area contributed by atoms with Crippen LogP contribution in [-0.4, -0.2) is 15.7 Å². The van der Waals surface area contributed by atoms with Crippen molar-refractivity contribution in [1.82, 2.24) is 9.78 Å². The number of aromatic nitrogens is 2. The van der Waals surface area contributed by atoms with Crippen LogP contribution in [0.4, 0.5) is 5.69 Å². The van der Waals surface area contributed by atoms with E-state index in [9.17, 15) is 4.79 Å². The van der Waals surface area contributed by atoms with Crippen LogP contribution < -0.4 is 5.32 Å². The third-order valence-corrected chi connectivity index (χ3v) is 4.09. The SMILES string of the molecule is O=C(Nc1ccccc1)c1cnn(-c2ccccc2)c1-c1ccccc1. The Morgan fingerprint density at radius 3 is 2.00 bits per heavy atom. The number of carbonyl (C=O) groups excluding carboxylic acids is 1. The van der Waals surface area contributed by atoms with Crippen LogP contribution in [0, 0.1) is 0 Å². The maximum atomic E-state index is 12.9. The van der Waals surface area contributed by atoms with Crippen LogP contribution in [0.25, 0.3) is 16.9 Å². The summed E-state index contributed by atoms with van der Waals surface area (Å²) >= 11 is 0. The van der Waals surface area contributed by atoms with E-state index in [0.717, 1.165) is 22.6 Å². The molecule has 0 radical (unpaired) electrons. The van der Waals surface area contributed by atoms with Gasteiger partial charge in [0.2, 0.25) is 0 Å². The fourth-order valence-electron chi connectivity index (χ4n) is 2.87. The number of hydrogen-bond acceptors (Lipinski definition) is 2. The van der Waals surface area contributed by atoms with Crippen molar-refractivity contribution in [1.29, 1.82) is 0 Å². The number of para-hydroxylation sites is 2. The maximum Gasteiger partial charge on any atom is 0.259 e. The van der Waals surface area contributed by atoms with Crippen LogP contribution in [0.15, 0.2) is 97.2 Å². The van der Waals surface area contributed by atoms with Crippen molar-refractivity contribution in [3.63, 3.8) is 0 Å². The molecule has 0 aliphatic carbocycles. The molecule has 3 aromatic carbocycles. The Labute approximate surface area is 151 Å². The van der Waals surface area contributed by atoms with Gasteiger partial charge in [0.05, 0.1) is 23.1 Å². The van der Waals surface area contributed by atoms with Gasteiger partial charge in [0, 0.05) is 11.3 Å². The van der Waals surface area contributed by atoms with Crippen molar-refractivity contribution in [2.45, 2.75) is 0 Å². The highest BCUT2D eigenvalue weighted by Gasteiger charge is 2.20. The van der Waals surface area contributed by atoms with E-state index in [1.165, 1.54) is 0 Å². The third kappa shape index (κ3) is 3.13. The zero-order chi connectivity index (χ0) is 17.8. The molecule has 1 aromatic heterocycles. The van der Waals surface area contributed by atoms with Crippen molar-refractivity contribution < 1.29 is 4.79 Å². The molecule has 0 saturated heterocycles. The van der Waals surface area contributed by atoms with Crippen molar-refractivity contribution in [3.05, 3.63) is 103 Å². The molecule has 4 aromatic rings. The largest absolute Gasteiger partial charge is 0.322 e. The predicted octanol–water partition coefficient (Wildman–Crippen LogP) is 4.79.